The first-order valence-electron chi connectivity index (χ1n) is 5.73. The van der Waals surface area contributed by atoms with Crippen LogP contribution < -0.4 is 4.90 Å². The Balaban J connectivity index is 3.15. The molecular weight excluding hydrogens is 238 g/mol. The monoisotopic (exact) mass is 255 g/mol. The van der Waals surface area contributed by atoms with Gasteiger partial charge in [0, 0.05) is 18.1 Å². The van der Waals surface area contributed by atoms with Gasteiger partial charge in [-0.05, 0) is 31.0 Å². The van der Waals surface area contributed by atoms with Gasteiger partial charge in [0.2, 0.25) is 0 Å². The van der Waals surface area contributed by atoms with Crippen LogP contribution >= 0.6 is 11.6 Å². The van der Waals surface area contributed by atoms with Crippen LogP contribution in [0, 0.1) is 5.92 Å². The molecule has 1 N–H and O–H groups in total. The number of benzene rings is 1. The van der Waals surface area contributed by atoms with Crippen LogP contribution in [0.3, 0.4) is 0 Å². The topological polar surface area (TPSA) is 40.5 Å². The van der Waals surface area contributed by atoms with Crippen molar-refractivity contribution in [3.05, 3.63) is 28.8 Å². The number of carboxylic acids is 1. The number of rotatable bonds is 5. The smallest absolute Gasteiger partial charge is 0.337 e. The van der Waals surface area contributed by atoms with Crippen molar-refractivity contribution in [3.63, 3.8) is 0 Å². The second kappa shape index (κ2) is 5.92. The number of aromatic carboxylic acids is 1. The number of carboxylic acid groups (broad SMARTS) is 1. The van der Waals surface area contributed by atoms with Gasteiger partial charge < -0.3 is 10.0 Å². The average Bonchev–Trinajstić information content (AvgIpc) is 2.25. The van der Waals surface area contributed by atoms with Crippen LogP contribution in [0.4, 0.5) is 5.69 Å². The number of halogens is 1. The Kier molecular flexibility index (Phi) is 4.82. The lowest BCUT2D eigenvalue weighted by Gasteiger charge is -2.26. The Morgan fingerprint density at radius 1 is 1.47 bits per heavy atom. The Labute approximate surface area is 107 Å². The van der Waals surface area contributed by atoms with Crippen LogP contribution in [-0.4, -0.2) is 24.2 Å². The third kappa shape index (κ3) is 3.63. The summed E-state index contributed by atoms with van der Waals surface area (Å²) in [5.41, 5.74) is 0.998. The van der Waals surface area contributed by atoms with Crippen molar-refractivity contribution in [2.45, 2.75) is 20.8 Å². The van der Waals surface area contributed by atoms with Crippen LogP contribution in [0.15, 0.2) is 18.2 Å². The predicted octanol–water partition coefficient (Wildman–Crippen LogP) is 3.52. The van der Waals surface area contributed by atoms with Crippen LogP contribution in [0.5, 0.6) is 0 Å². The third-order valence-corrected chi connectivity index (χ3v) is 2.73. The molecule has 0 aliphatic heterocycles. The largest absolute Gasteiger partial charge is 0.478 e. The molecular formula is C13H18ClNO2. The van der Waals surface area contributed by atoms with Gasteiger partial charge in [0.1, 0.15) is 0 Å². The average molecular weight is 256 g/mol. The van der Waals surface area contributed by atoms with Gasteiger partial charge in [0.15, 0.2) is 0 Å². The van der Waals surface area contributed by atoms with E-state index in [1.165, 1.54) is 0 Å². The molecule has 0 aliphatic rings. The number of hydrogen-bond acceptors (Lipinski definition) is 2. The van der Waals surface area contributed by atoms with E-state index in [9.17, 15) is 4.79 Å². The van der Waals surface area contributed by atoms with E-state index >= 15 is 0 Å². The first kappa shape index (κ1) is 13.8. The molecule has 0 bridgehead atoms. The molecule has 4 heteroatoms. The van der Waals surface area contributed by atoms with Crippen molar-refractivity contribution < 1.29 is 9.90 Å². The number of hydrogen-bond donors (Lipinski definition) is 1. The quantitative estimate of drug-likeness (QED) is 0.875. The van der Waals surface area contributed by atoms with Crippen molar-refractivity contribution in [1.29, 1.82) is 0 Å². The summed E-state index contributed by atoms with van der Waals surface area (Å²) in [4.78, 5) is 13.2. The fourth-order valence-corrected chi connectivity index (χ4v) is 1.95. The summed E-state index contributed by atoms with van der Waals surface area (Å²) in [6.45, 7) is 7.80. The Hall–Kier alpha value is -1.22. The van der Waals surface area contributed by atoms with E-state index in [0.717, 1.165) is 13.1 Å². The predicted molar refractivity (Wildman–Crippen MR) is 71.1 cm³/mol. The number of carbonyl (C=O) groups is 1. The molecule has 0 saturated heterocycles. The SMILES string of the molecule is CCN(CC(C)C)c1cc(Cl)ccc1C(=O)O. The van der Waals surface area contributed by atoms with Gasteiger partial charge in [-0.25, -0.2) is 4.79 Å². The fourth-order valence-electron chi connectivity index (χ4n) is 1.79. The Morgan fingerprint density at radius 3 is 2.59 bits per heavy atom. The van der Waals surface area contributed by atoms with Gasteiger partial charge in [-0.15, -0.1) is 0 Å². The highest BCUT2D eigenvalue weighted by Crippen LogP contribution is 2.25. The summed E-state index contributed by atoms with van der Waals surface area (Å²) in [6.07, 6.45) is 0. The molecule has 0 heterocycles. The molecule has 0 aliphatic carbocycles. The highest BCUT2D eigenvalue weighted by Gasteiger charge is 2.16. The zero-order chi connectivity index (χ0) is 13.0. The zero-order valence-corrected chi connectivity index (χ0v) is 11.2. The molecule has 0 atom stereocenters. The van der Waals surface area contributed by atoms with Crippen molar-refractivity contribution in [1.82, 2.24) is 0 Å². The molecule has 3 nitrogen and oxygen atoms in total. The van der Waals surface area contributed by atoms with E-state index in [0.29, 0.717) is 22.2 Å². The molecule has 0 saturated carbocycles. The van der Waals surface area contributed by atoms with Crippen molar-refractivity contribution in [2.24, 2.45) is 5.92 Å². The third-order valence-electron chi connectivity index (χ3n) is 2.50. The maximum atomic E-state index is 11.2. The van der Waals surface area contributed by atoms with Crippen LogP contribution in [-0.2, 0) is 0 Å². The fraction of sp³-hybridized carbons (Fsp3) is 0.462. The lowest BCUT2D eigenvalue weighted by molar-refractivity contribution is 0.0697. The second-order valence-corrected chi connectivity index (χ2v) is 4.84. The summed E-state index contributed by atoms with van der Waals surface area (Å²) in [5.74, 6) is -0.450. The first-order valence-corrected chi connectivity index (χ1v) is 6.11. The lowest BCUT2D eigenvalue weighted by Crippen LogP contribution is -2.28. The van der Waals surface area contributed by atoms with Crippen molar-refractivity contribution in [2.75, 3.05) is 18.0 Å². The summed E-state index contributed by atoms with van der Waals surface area (Å²) in [7, 11) is 0. The van der Waals surface area contributed by atoms with Gasteiger partial charge in [0.25, 0.3) is 0 Å². The maximum absolute atomic E-state index is 11.2. The summed E-state index contributed by atoms with van der Waals surface area (Å²) >= 11 is 5.94. The zero-order valence-electron chi connectivity index (χ0n) is 10.4. The van der Waals surface area contributed by atoms with E-state index in [-0.39, 0.29) is 0 Å². The van der Waals surface area contributed by atoms with Crippen LogP contribution in [0.25, 0.3) is 0 Å². The van der Waals surface area contributed by atoms with Gasteiger partial charge in [-0.2, -0.15) is 0 Å². The van der Waals surface area contributed by atoms with E-state index in [1.54, 1.807) is 18.2 Å². The minimum atomic E-state index is -0.918. The minimum absolute atomic E-state index is 0.303. The van der Waals surface area contributed by atoms with Gasteiger partial charge in [0.05, 0.1) is 11.3 Å². The number of anilines is 1. The molecule has 0 spiro atoms. The highest BCUT2D eigenvalue weighted by atomic mass is 35.5. The van der Waals surface area contributed by atoms with E-state index in [4.69, 9.17) is 16.7 Å². The molecule has 1 aromatic carbocycles. The molecule has 0 fully saturated rings. The molecule has 0 radical (unpaired) electrons. The minimum Gasteiger partial charge on any atom is -0.478 e. The highest BCUT2D eigenvalue weighted by molar-refractivity contribution is 6.31. The molecule has 1 aromatic rings. The maximum Gasteiger partial charge on any atom is 0.337 e. The van der Waals surface area contributed by atoms with E-state index in [1.807, 2.05) is 11.8 Å². The van der Waals surface area contributed by atoms with Crippen molar-refractivity contribution in [3.8, 4) is 0 Å². The first-order chi connectivity index (χ1) is 7.95. The molecule has 0 aromatic heterocycles. The standard InChI is InChI=1S/C13H18ClNO2/c1-4-15(8-9(2)3)12-7-10(14)5-6-11(12)13(16)17/h5-7,9H,4,8H2,1-3H3,(H,16,17). The van der Waals surface area contributed by atoms with Crippen LogP contribution in [0.2, 0.25) is 5.02 Å². The molecule has 94 valence electrons. The van der Waals surface area contributed by atoms with Crippen LogP contribution in [0.1, 0.15) is 31.1 Å². The molecule has 1 rings (SSSR count). The summed E-state index contributed by atoms with van der Waals surface area (Å²) < 4.78 is 0. The van der Waals surface area contributed by atoms with Gasteiger partial charge in [-0.1, -0.05) is 25.4 Å². The molecule has 0 unspecified atom stereocenters. The number of nitrogens with zero attached hydrogens (tertiary/aromatic N) is 1. The summed E-state index contributed by atoms with van der Waals surface area (Å²) in [6, 6.07) is 4.89. The van der Waals surface area contributed by atoms with Gasteiger partial charge >= 0.3 is 5.97 Å². The van der Waals surface area contributed by atoms with Crippen molar-refractivity contribution >= 4 is 23.3 Å². The lowest BCUT2D eigenvalue weighted by atomic mass is 10.1. The normalized spacial score (nSPS) is 10.6. The van der Waals surface area contributed by atoms with E-state index in [2.05, 4.69) is 13.8 Å². The second-order valence-electron chi connectivity index (χ2n) is 4.40. The Bertz CT molecular complexity index is 404. The van der Waals surface area contributed by atoms with E-state index < -0.39 is 5.97 Å². The Morgan fingerprint density at radius 2 is 2.12 bits per heavy atom. The summed E-state index contributed by atoms with van der Waals surface area (Å²) in [5, 5.41) is 9.73. The molecule has 17 heavy (non-hydrogen) atoms. The molecule has 0 amide bonds. The van der Waals surface area contributed by atoms with Gasteiger partial charge in [-0.3, -0.25) is 0 Å².